The van der Waals surface area contributed by atoms with Gasteiger partial charge in [0.05, 0.1) is 17.2 Å². The lowest BCUT2D eigenvalue weighted by Gasteiger charge is -2.60. The van der Waals surface area contributed by atoms with Crippen molar-refractivity contribution in [2.75, 3.05) is 7.11 Å². The first-order valence-electron chi connectivity index (χ1n) is 11.0. The number of hydrogen-bond acceptors (Lipinski definition) is 4. The van der Waals surface area contributed by atoms with Crippen LogP contribution in [-0.2, 0) is 13.2 Å². The molecule has 4 aliphatic rings. The molecular formula is C25H30BrNO3. The molecule has 2 atom stereocenters. The van der Waals surface area contributed by atoms with Gasteiger partial charge in [-0.15, -0.1) is 0 Å². The number of benzene rings is 2. The minimum absolute atomic E-state index is 0.0844. The number of rotatable bonds is 7. The van der Waals surface area contributed by atoms with E-state index >= 15 is 0 Å². The normalized spacial score (nSPS) is 31.7. The lowest BCUT2D eigenvalue weighted by molar-refractivity contribution is -0.142. The third-order valence-electron chi connectivity index (χ3n) is 7.21. The molecule has 0 heterocycles. The summed E-state index contributed by atoms with van der Waals surface area (Å²) in [6, 6.07) is 14.3. The lowest BCUT2D eigenvalue weighted by Crippen LogP contribution is -2.64. The van der Waals surface area contributed by atoms with Crippen LogP contribution in [-0.4, -0.2) is 23.4 Å². The largest absolute Gasteiger partial charge is 0.493 e. The highest BCUT2D eigenvalue weighted by Gasteiger charge is 2.56. The van der Waals surface area contributed by atoms with Crippen molar-refractivity contribution in [1.29, 1.82) is 0 Å². The van der Waals surface area contributed by atoms with Gasteiger partial charge in [-0.25, -0.2) is 0 Å². The monoisotopic (exact) mass is 471 g/mol. The van der Waals surface area contributed by atoms with Gasteiger partial charge in [0.15, 0.2) is 11.5 Å². The molecule has 0 radical (unpaired) electrons. The van der Waals surface area contributed by atoms with E-state index in [-0.39, 0.29) is 5.54 Å². The maximum Gasteiger partial charge on any atom is 0.175 e. The van der Waals surface area contributed by atoms with Crippen LogP contribution in [0.5, 0.6) is 11.5 Å². The first kappa shape index (κ1) is 20.3. The predicted molar refractivity (Wildman–Crippen MR) is 121 cm³/mol. The van der Waals surface area contributed by atoms with E-state index in [0.29, 0.717) is 18.4 Å². The summed E-state index contributed by atoms with van der Waals surface area (Å²) < 4.78 is 12.6. The molecule has 4 nitrogen and oxygen atoms in total. The van der Waals surface area contributed by atoms with Crippen molar-refractivity contribution in [1.82, 2.24) is 5.32 Å². The molecule has 2 N–H and O–H groups in total. The Morgan fingerprint density at radius 3 is 2.47 bits per heavy atom. The Morgan fingerprint density at radius 1 is 1.07 bits per heavy atom. The summed E-state index contributed by atoms with van der Waals surface area (Å²) in [5, 5.41) is 14.8. The highest BCUT2D eigenvalue weighted by Crippen LogP contribution is 2.57. The van der Waals surface area contributed by atoms with Crippen LogP contribution in [0, 0.1) is 11.8 Å². The van der Waals surface area contributed by atoms with Crippen LogP contribution < -0.4 is 14.8 Å². The van der Waals surface area contributed by atoms with Crippen molar-refractivity contribution in [3.8, 4) is 11.5 Å². The summed E-state index contributed by atoms with van der Waals surface area (Å²) in [7, 11) is 1.68. The molecular weight excluding hydrogens is 442 g/mol. The van der Waals surface area contributed by atoms with Crippen LogP contribution in [0.15, 0.2) is 46.9 Å². The molecule has 5 heteroatoms. The molecule has 2 aromatic carbocycles. The smallest absolute Gasteiger partial charge is 0.175 e. The fourth-order valence-electron chi connectivity index (χ4n) is 6.46. The first-order chi connectivity index (χ1) is 14.5. The van der Waals surface area contributed by atoms with Crippen molar-refractivity contribution in [3.63, 3.8) is 0 Å². The van der Waals surface area contributed by atoms with Crippen molar-refractivity contribution < 1.29 is 14.6 Å². The number of hydrogen-bond donors (Lipinski definition) is 2. The molecule has 160 valence electrons. The molecule has 30 heavy (non-hydrogen) atoms. The minimum Gasteiger partial charge on any atom is -0.493 e. The van der Waals surface area contributed by atoms with Crippen molar-refractivity contribution >= 4 is 15.9 Å². The zero-order valence-corrected chi connectivity index (χ0v) is 19.1. The molecule has 0 aliphatic heterocycles. The first-order valence-corrected chi connectivity index (χ1v) is 11.8. The number of aliphatic hydroxyl groups is 1. The molecule has 0 spiro atoms. The van der Waals surface area contributed by atoms with Gasteiger partial charge >= 0.3 is 0 Å². The fraction of sp³-hybridized carbons (Fsp3) is 0.520. The predicted octanol–water partition coefficient (Wildman–Crippen LogP) is 5.21. The van der Waals surface area contributed by atoms with Crippen LogP contribution in [0.1, 0.15) is 49.7 Å². The maximum atomic E-state index is 11.0. The zero-order valence-electron chi connectivity index (χ0n) is 17.5. The van der Waals surface area contributed by atoms with Gasteiger partial charge in [-0.2, -0.15) is 0 Å². The quantitative estimate of drug-likeness (QED) is 0.581. The summed E-state index contributed by atoms with van der Waals surface area (Å²) in [6.07, 6.45) is 6.59. The molecule has 4 aliphatic carbocycles. The summed E-state index contributed by atoms with van der Waals surface area (Å²) in [4.78, 5) is 0. The van der Waals surface area contributed by atoms with Gasteiger partial charge in [0.25, 0.3) is 0 Å². The number of nitrogens with one attached hydrogen (secondary N) is 1. The Hall–Kier alpha value is -1.56. The Balaban J connectivity index is 1.29. The summed E-state index contributed by atoms with van der Waals surface area (Å²) in [5.74, 6) is 2.83. The van der Waals surface area contributed by atoms with E-state index in [2.05, 4.69) is 45.5 Å². The van der Waals surface area contributed by atoms with Crippen molar-refractivity contribution in [2.24, 2.45) is 11.8 Å². The van der Waals surface area contributed by atoms with E-state index in [1.54, 1.807) is 7.11 Å². The maximum absolute atomic E-state index is 11.0. The number of halogens is 1. The third-order valence-corrected chi connectivity index (χ3v) is 7.80. The molecule has 2 unspecified atom stereocenters. The second-order valence-electron chi connectivity index (χ2n) is 9.70. The van der Waals surface area contributed by atoms with Crippen molar-refractivity contribution in [3.05, 3.63) is 58.1 Å². The summed E-state index contributed by atoms with van der Waals surface area (Å²) >= 11 is 3.68. The highest BCUT2D eigenvalue weighted by atomic mass is 79.9. The second kappa shape index (κ2) is 7.85. The van der Waals surface area contributed by atoms with Gasteiger partial charge in [-0.1, -0.05) is 30.3 Å². The van der Waals surface area contributed by atoms with E-state index in [0.717, 1.165) is 52.9 Å². The van der Waals surface area contributed by atoms with E-state index in [1.807, 2.05) is 18.2 Å². The topological polar surface area (TPSA) is 50.7 Å². The minimum atomic E-state index is -0.440. The molecule has 0 saturated heterocycles. The molecule has 4 fully saturated rings. The van der Waals surface area contributed by atoms with E-state index < -0.39 is 5.60 Å². The van der Waals surface area contributed by atoms with Crippen LogP contribution in [0.25, 0.3) is 0 Å². The lowest BCUT2D eigenvalue weighted by atomic mass is 9.51. The van der Waals surface area contributed by atoms with Gasteiger partial charge in [-0.3, -0.25) is 0 Å². The molecule has 0 amide bonds. The highest BCUT2D eigenvalue weighted by molar-refractivity contribution is 9.10. The van der Waals surface area contributed by atoms with Crippen molar-refractivity contribution in [2.45, 2.75) is 62.8 Å². The van der Waals surface area contributed by atoms with E-state index in [9.17, 15) is 5.11 Å². The van der Waals surface area contributed by atoms with E-state index in [4.69, 9.17) is 9.47 Å². The summed E-state index contributed by atoms with van der Waals surface area (Å²) in [6.45, 7) is 1.27. The van der Waals surface area contributed by atoms with Gasteiger partial charge in [0.2, 0.25) is 0 Å². The number of ether oxygens (including phenoxy) is 2. The standard InChI is InChI=1S/C25H30BrNO3/c1-29-22-9-18(8-21(26)23(22)30-15-17-5-3-2-4-6-17)14-27-24-10-19-7-20(11-24)13-25(28,12-19)16-24/h2-6,8-9,19-20,27-28H,7,10-16H2,1H3. The Morgan fingerprint density at radius 2 is 1.80 bits per heavy atom. The van der Waals surface area contributed by atoms with Gasteiger partial charge in [0.1, 0.15) is 6.61 Å². The average molecular weight is 472 g/mol. The number of methoxy groups -OCH3 is 1. The van der Waals surface area contributed by atoms with Crippen LogP contribution in [0.3, 0.4) is 0 Å². The molecule has 4 bridgehead atoms. The zero-order chi connectivity index (χ0) is 20.8. The average Bonchev–Trinajstić information content (AvgIpc) is 2.70. The Labute approximate surface area is 187 Å². The molecule has 6 rings (SSSR count). The molecule has 4 saturated carbocycles. The third kappa shape index (κ3) is 4.00. The van der Waals surface area contributed by atoms with Crippen LogP contribution >= 0.6 is 15.9 Å². The SMILES string of the molecule is COc1cc(CNC23CC4CC(CC(O)(C4)C2)C3)cc(Br)c1OCc1ccccc1. The van der Waals surface area contributed by atoms with Gasteiger partial charge < -0.3 is 19.9 Å². The van der Waals surface area contributed by atoms with E-state index in [1.165, 1.54) is 19.3 Å². The fourth-order valence-corrected chi connectivity index (χ4v) is 7.06. The van der Waals surface area contributed by atoms with Crippen LogP contribution in [0.2, 0.25) is 0 Å². The summed E-state index contributed by atoms with van der Waals surface area (Å²) in [5.41, 5.74) is 1.93. The van der Waals surface area contributed by atoms with Crippen LogP contribution in [0.4, 0.5) is 0 Å². The van der Waals surface area contributed by atoms with Gasteiger partial charge in [-0.05, 0) is 89.6 Å². The Bertz CT molecular complexity index is 902. The molecule has 0 aromatic heterocycles. The second-order valence-corrected chi connectivity index (χ2v) is 10.6. The van der Waals surface area contributed by atoms with Gasteiger partial charge in [0, 0.05) is 12.1 Å². The molecule has 2 aromatic rings. The Kier molecular flexibility index (Phi) is 5.32.